The van der Waals surface area contributed by atoms with Crippen molar-refractivity contribution in [3.05, 3.63) is 35.9 Å². The maximum absolute atomic E-state index is 11.7. The van der Waals surface area contributed by atoms with Gasteiger partial charge in [-0.1, -0.05) is 30.3 Å². The number of aliphatic carboxylic acids is 1. The number of carboxylic acids is 1. The van der Waals surface area contributed by atoms with Gasteiger partial charge in [-0.3, -0.25) is 4.90 Å². The van der Waals surface area contributed by atoms with Crippen molar-refractivity contribution in [3.63, 3.8) is 0 Å². The molecule has 0 amide bonds. The Hall–Kier alpha value is -1.69. The Bertz CT molecular complexity index is 794. The molecule has 1 spiro atoms. The number of hydrogen-bond acceptors (Lipinski definition) is 5. The van der Waals surface area contributed by atoms with Crippen LogP contribution in [0.1, 0.15) is 24.8 Å². The van der Waals surface area contributed by atoms with Crippen LogP contribution in [0, 0.1) is 5.41 Å². The predicted molar refractivity (Wildman–Crippen MR) is 104 cm³/mol. The standard InChI is InChI=1S/C17H26N2O3S.C2HF3O2/c1-23(20,21)18-16-14-22-12-9-17(16)7-10-19(11-8-17)13-15-5-3-2-4-6-15;3-2(4,5)1(6)7/h2-6,16,18H,7-14H2,1H3;(H,6,7). The van der Waals surface area contributed by atoms with Gasteiger partial charge >= 0.3 is 12.1 Å². The Labute approximate surface area is 174 Å². The first kappa shape index (κ1) is 24.6. The number of ether oxygens (including phenoxy) is 1. The topological polar surface area (TPSA) is 95.9 Å². The third kappa shape index (κ3) is 7.53. The molecule has 2 aliphatic heterocycles. The van der Waals surface area contributed by atoms with Crippen LogP contribution in [0.4, 0.5) is 13.2 Å². The normalized spacial score (nSPS) is 22.2. The quantitative estimate of drug-likeness (QED) is 0.728. The van der Waals surface area contributed by atoms with Gasteiger partial charge in [0, 0.05) is 13.2 Å². The summed E-state index contributed by atoms with van der Waals surface area (Å²) in [4.78, 5) is 11.4. The van der Waals surface area contributed by atoms with Gasteiger partial charge in [-0.25, -0.2) is 17.9 Å². The van der Waals surface area contributed by atoms with Gasteiger partial charge in [0.25, 0.3) is 0 Å². The molecule has 0 saturated carbocycles. The minimum atomic E-state index is -5.08. The van der Waals surface area contributed by atoms with E-state index in [9.17, 15) is 21.6 Å². The summed E-state index contributed by atoms with van der Waals surface area (Å²) in [5.74, 6) is -2.76. The molecule has 0 radical (unpaired) electrons. The fourth-order valence-corrected chi connectivity index (χ4v) is 4.68. The van der Waals surface area contributed by atoms with Gasteiger partial charge < -0.3 is 9.84 Å². The average Bonchev–Trinajstić information content (AvgIpc) is 2.65. The van der Waals surface area contributed by atoms with Crippen LogP contribution < -0.4 is 4.72 Å². The van der Waals surface area contributed by atoms with Gasteiger partial charge in [0.1, 0.15) is 0 Å². The number of piperidine rings is 1. The van der Waals surface area contributed by atoms with Crippen molar-refractivity contribution in [3.8, 4) is 0 Å². The Kier molecular flexibility index (Phi) is 8.26. The number of hydrogen-bond donors (Lipinski definition) is 2. The van der Waals surface area contributed by atoms with Crippen molar-refractivity contribution >= 4 is 16.0 Å². The van der Waals surface area contributed by atoms with E-state index in [-0.39, 0.29) is 11.5 Å². The molecule has 2 N–H and O–H groups in total. The lowest BCUT2D eigenvalue weighted by atomic mass is 9.69. The van der Waals surface area contributed by atoms with Crippen molar-refractivity contribution in [2.45, 2.75) is 38.0 Å². The van der Waals surface area contributed by atoms with Gasteiger partial charge in [-0.05, 0) is 43.3 Å². The number of likely N-dealkylation sites (tertiary alicyclic amines) is 1. The molecule has 2 aliphatic rings. The van der Waals surface area contributed by atoms with Gasteiger partial charge in [-0.15, -0.1) is 0 Å². The second kappa shape index (κ2) is 10.1. The summed E-state index contributed by atoms with van der Waals surface area (Å²) in [5.41, 5.74) is 1.38. The summed E-state index contributed by atoms with van der Waals surface area (Å²) in [7, 11) is -3.20. The summed E-state index contributed by atoms with van der Waals surface area (Å²) in [6, 6.07) is 10.4. The van der Waals surface area contributed by atoms with Crippen molar-refractivity contribution in [1.82, 2.24) is 9.62 Å². The van der Waals surface area contributed by atoms with Gasteiger partial charge in [0.15, 0.2) is 0 Å². The minimum Gasteiger partial charge on any atom is -0.475 e. The molecule has 1 aromatic rings. The maximum atomic E-state index is 11.7. The molecular formula is C19H27F3N2O5S. The summed E-state index contributed by atoms with van der Waals surface area (Å²) in [5, 5.41) is 7.12. The average molecular weight is 452 g/mol. The van der Waals surface area contributed by atoms with Crippen LogP contribution in [-0.4, -0.2) is 69.2 Å². The lowest BCUT2D eigenvalue weighted by Gasteiger charge is -2.48. The second-order valence-electron chi connectivity index (χ2n) is 7.69. The summed E-state index contributed by atoms with van der Waals surface area (Å²) >= 11 is 0. The molecule has 3 rings (SSSR count). The molecule has 0 bridgehead atoms. The molecule has 2 heterocycles. The number of carbonyl (C=O) groups is 1. The lowest BCUT2D eigenvalue weighted by Crippen LogP contribution is -2.57. The molecule has 1 atom stereocenters. The van der Waals surface area contributed by atoms with Crippen LogP contribution in [0.15, 0.2) is 30.3 Å². The third-order valence-electron chi connectivity index (χ3n) is 5.47. The molecule has 2 fully saturated rings. The van der Waals surface area contributed by atoms with Crippen LogP contribution in [0.5, 0.6) is 0 Å². The smallest absolute Gasteiger partial charge is 0.475 e. The van der Waals surface area contributed by atoms with Gasteiger partial charge in [-0.2, -0.15) is 13.2 Å². The highest BCUT2D eigenvalue weighted by Crippen LogP contribution is 2.41. The SMILES string of the molecule is CS(=O)(=O)NC1COCCC12CCN(Cc1ccccc1)CC2.O=C(O)C(F)(F)F. The van der Waals surface area contributed by atoms with Crippen LogP contribution in [0.25, 0.3) is 0 Å². The van der Waals surface area contributed by atoms with E-state index in [1.807, 2.05) is 6.07 Å². The summed E-state index contributed by atoms with van der Waals surface area (Å²) in [6.07, 6.45) is -0.855. The van der Waals surface area contributed by atoms with Crippen LogP contribution in [-0.2, 0) is 26.1 Å². The first-order chi connectivity index (χ1) is 13.9. The highest BCUT2D eigenvalue weighted by Gasteiger charge is 2.44. The fourth-order valence-electron chi connectivity index (χ4n) is 3.84. The number of nitrogens with one attached hydrogen (secondary N) is 1. The number of benzene rings is 1. The van der Waals surface area contributed by atoms with E-state index in [0.717, 1.165) is 45.5 Å². The van der Waals surface area contributed by atoms with E-state index in [1.165, 1.54) is 11.8 Å². The molecule has 2 saturated heterocycles. The molecule has 170 valence electrons. The van der Waals surface area contributed by atoms with E-state index in [1.54, 1.807) is 0 Å². The zero-order valence-electron chi connectivity index (χ0n) is 16.7. The van der Waals surface area contributed by atoms with Crippen molar-refractivity contribution in [2.75, 3.05) is 32.6 Å². The van der Waals surface area contributed by atoms with Crippen molar-refractivity contribution < 1.29 is 36.2 Å². The van der Waals surface area contributed by atoms with E-state index >= 15 is 0 Å². The first-order valence-electron chi connectivity index (χ1n) is 9.53. The molecule has 7 nitrogen and oxygen atoms in total. The number of alkyl halides is 3. The molecule has 0 aliphatic carbocycles. The number of halogens is 3. The van der Waals surface area contributed by atoms with Crippen LogP contribution in [0.2, 0.25) is 0 Å². The molecule has 1 unspecified atom stereocenters. The van der Waals surface area contributed by atoms with E-state index in [4.69, 9.17) is 14.6 Å². The highest BCUT2D eigenvalue weighted by molar-refractivity contribution is 7.88. The van der Waals surface area contributed by atoms with Crippen LogP contribution in [0.3, 0.4) is 0 Å². The number of nitrogens with zero attached hydrogens (tertiary/aromatic N) is 1. The monoisotopic (exact) mass is 452 g/mol. The lowest BCUT2D eigenvalue weighted by molar-refractivity contribution is -0.192. The van der Waals surface area contributed by atoms with Crippen molar-refractivity contribution in [2.24, 2.45) is 5.41 Å². The Morgan fingerprint density at radius 2 is 1.80 bits per heavy atom. The first-order valence-corrected chi connectivity index (χ1v) is 11.4. The van der Waals surface area contributed by atoms with Gasteiger partial charge in [0.05, 0.1) is 18.9 Å². The van der Waals surface area contributed by atoms with E-state index in [2.05, 4.69) is 33.9 Å². The second-order valence-corrected chi connectivity index (χ2v) is 9.47. The largest absolute Gasteiger partial charge is 0.490 e. The number of rotatable bonds is 4. The molecular weight excluding hydrogens is 425 g/mol. The maximum Gasteiger partial charge on any atom is 0.490 e. The fraction of sp³-hybridized carbons (Fsp3) is 0.632. The predicted octanol–water partition coefficient (Wildman–Crippen LogP) is 2.24. The third-order valence-corrected chi connectivity index (χ3v) is 6.18. The van der Waals surface area contributed by atoms with Crippen molar-refractivity contribution in [1.29, 1.82) is 0 Å². The number of sulfonamides is 1. The Morgan fingerprint density at radius 1 is 1.23 bits per heavy atom. The van der Waals surface area contributed by atoms with E-state index in [0.29, 0.717) is 6.61 Å². The molecule has 1 aromatic carbocycles. The summed E-state index contributed by atoms with van der Waals surface area (Å²) < 4.78 is 63.4. The molecule has 11 heteroatoms. The highest BCUT2D eigenvalue weighted by atomic mass is 32.2. The molecule has 30 heavy (non-hydrogen) atoms. The summed E-state index contributed by atoms with van der Waals surface area (Å²) in [6.45, 7) is 4.22. The van der Waals surface area contributed by atoms with Gasteiger partial charge in [0.2, 0.25) is 10.0 Å². The zero-order chi connectivity index (χ0) is 22.4. The zero-order valence-corrected chi connectivity index (χ0v) is 17.5. The Morgan fingerprint density at radius 3 is 2.30 bits per heavy atom. The number of carboxylic acid groups (broad SMARTS) is 1. The van der Waals surface area contributed by atoms with Crippen LogP contribution >= 0.6 is 0 Å². The Balaban J connectivity index is 0.000000396. The minimum absolute atomic E-state index is 0.0501. The van der Waals surface area contributed by atoms with E-state index < -0.39 is 22.2 Å². The molecule has 0 aromatic heterocycles.